The van der Waals surface area contributed by atoms with Crippen LogP contribution in [0.15, 0.2) is 15.3 Å². The molecule has 1 aromatic heterocycles. The number of fused-ring (bicyclic) bond motifs is 1. The number of carbonyl (C=O) groups is 1. The molecule has 2 heterocycles. The molecule has 0 radical (unpaired) electrons. The smallest absolute Gasteiger partial charge is 0.396 e. The highest BCUT2D eigenvalue weighted by Crippen LogP contribution is 2.33. The zero-order valence-electron chi connectivity index (χ0n) is 15.0. The zero-order valence-corrected chi connectivity index (χ0v) is 15.8. The third-order valence-corrected chi connectivity index (χ3v) is 5.40. The summed E-state index contributed by atoms with van der Waals surface area (Å²) in [5.41, 5.74) is 1.88. The highest BCUT2D eigenvalue weighted by molar-refractivity contribution is 7.16. The van der Waals surface area contributed by atoms with Crippen molar-refractivity contribution in [1.82, 2.24) is 5.32 Å². The molecule has 27 heavy (non-hydrogen) atoms. The van der Waals surface area contributed by atoms with Gasteiger partial charge in [-0.05, 0) is 25.0 Å². The molecule has 0 bridgehead atoms. The number of nitrogens with one attached hydrogen (secondary N) is 1. The van der Waals surface area contributed by atoms with E-state index in [4.69, 9.17) is 13.9 Å². The van der Waals surface area contributed by atoms with E-state index >= 15 is 0 Å². The summed E-state index contributed by atoms with van der Waals surface area (Å²) in [6, 6.07) is 0.561. The molecule has 1 aromatic carbocycles. The van der Waals surface area contributed by atoms with E-state index in [-0.39, 0.29) is 0 Å². The van der Waals surface area contributed by atoms with E-state index in [1.165, 1.54) is 6.92 Å². The van der Waals surface area contributed by atoms with Gasteiger partial charge < -0.3 is 34.5 Å². The Hall–Kier alpha value is -1.98. The van der Waals surface area contributed by atoms with Gasteiger partial charge in [-0.2, -0.15) is 0 Å². The Morgan fingerprint density at radius 3 is 2.63 bits per heavy atom. The fraction of sp³-hybridized carbons (Fsp3) is 0.529. The van der Waals surface area contributed by atoms with Crippen molar-refractivity contribution in [1.29, 1.82) is 0 Å². The Morgan fingerprint density at radius 2 is 2.00 bits per heavy atom. The van der Waals surface area contributed by atoms with Crippen molar-refractivity contribution < 1.29 is 34.0 Å². The molecule has 1 amide bonds. The number of aryl methyl sites for hydroxylation is 1. The van der Waals surface area contributed by atoms with Gasteiger partial charge in [0.1, 0.15) is 30.1 Å². The lowest BCUT2D eigenvalue weighted by atomic mass is 9.97. The molecule has 5 atom stereocenters. The fourth-order valence-corrected chi connectivity index (χ4v) is 3.81. The molecule has 5 unspecified atom stereocenters. The van der Waals surface area contributed by atoms with Gasteiger partial charge in [0.05, 0.1) is 11.3 Å². The second-order valence-electron chi connectivity index (χ2n) is 6.46. The van der Waals surface area contributed by atoms with Crippen LogP contribution in [0.3, 0.4) is 0 Å². The van der Waals surface area contributed by atoms with Crippen molar-refractivity contribution in [2.75, 3.05) is 6.61 Å². The largest absolute Gasteiger partial charge is 0.462 e. The van der Waals surface area contributed by atoms with Gasteiger partial charge in [-0.15, -0.1) is 0 Å². The maximum absolute atomic E-state index is 11.5. The predicted molar refractivity (Wildman–Crippen MR) is 95.8 cm³/mol. The van der Waals surface area contributed by atoms with Gasteiger partial charge in [0.15, 0.2) is 5.58 Å². The van der Waals surface area contributed by atoms with Crippen LogP contribution in [0.25, 0.3) is 10.3 Å². The minimum Gasteiger partial charge on any atom is -0.462 e. The lowest BCUT2D eigenvalue weighted by molar-refractivity contribution is -0.244. The zero-order chi connectivity index (χ0) is 19.9. The molecule has 4 N–H and O–H groups in total. The normalized spacial score (nSPS) is 28.3. The number of aliphatic hydroxyl groups is 3. The minimum absolute atomic E-state index is 0.373. The lowest BCUT2D eigenvalue weighted by Crippen LogP contribution is -2.65. The second kappa shape index (κ2) is 7.56. The summed E-state index contributed by atoms with van der Waals surface area (Å²) in [5.74, 6) is -0.0695. The van der Waals surface area contributed by atoms with Gasteiger partial charge in [-0.25, -0.2) is 4.79 Å². The summed E-state index contributed by atoms with van der Waals surface area (Å²) >= 11 is 0.926. The van der Waals surface area contributed by atoms with Crippen LogP contribution < -0.4 is 15.0 Å². The average molecular weight is 399 g/mol. The van der Waals surface area contributed by atoms with Crippen molar-refractivity contribution in [2.24, 2.45) is 0 Å². The van der Waals surface area contributed by atoms with Crippen molar-refractivity contribution in [3.05, 3.63) is 26.9 Å². The first-order valence-corrected chi connectivity index (χ1v) is 9.14. The SMILES string of the molecule is CC(=O)NC1C(Oc2cc3sc(=O)oc3c(C)c2C)OC(CO)C(O)C1O. The third-order valence-electron chi connectivity index (χ3n) is 4.63. The Balaban J connectivity index is 1.97. The Morgan fingerprint density at radius 1 is 1.30 bits per heavy atom. The van der Waals surface area contributed by atoms with Crippen LogP contribution in [0.5, 0.6) is 5.75 Å². The molecule has 10 heteroatoms. The van der Waals surface area contributed by atoms with E-state index in [9.17, 15) is 24.9 Å². The van der Waals surface area contributed by atoms with E-state index in [1.807, 2.05) is 0 Å². The first-order valence-electron chi connectivity index (χ1n) is 8.33. The highest BCUT2D eigenvalue weighted by atomic mass is 32.1. The van der Waals surface area contributed by atoms with Gasteiger partial charge >= 0.3 is 4.94 Å². The van der Waals surface area contributed by atoms with Crippen LogP contribution in [0, 0.1) is 13.8 Å². The quantitative estimate of drug-likeness (QED) is 0.554. The molecule has 1 aliphatic rings. The molecule has 1 saturated heterocycles. The van der Waals surface area contributed by atoms with Gasteiger partial charge in [0.25, 0.3) is 0 Å². The Bertz CT molecular complexity index is 906. The fourth-order valence-electron chi connectivity index (χ4n) is 3.05. The van der Waals surface area contributed by atoms with Crippen molar-refractivity contribution in [3.63, 3.8) is 0 Å². The number of ether oxygens (including phenoxy) is 2. The summed E-state index contributed by atoms with van der Waals surface area (Å²) in [6.07, 6.45) is -5.04. The van der Waals surface area contributed by atoms with Crippen molar-refractivity contribution in [2.45, 2.75) is 51.4 Å². The predicted octanol–water partition coefficient (Wildman–Crippen LogP) is -0.206. The van der Waals surface area contributed by atoms with E-state index in [0.717, 1.165) is 11.3 Å². The van der Waals surface area contributed by atoms with Crippen LogP contribution in [0.2, 0.25) is 0 Å². The number of benzene rings is 1. The molecule has 1 aliphatic heterocycles. The highest BCUT2D eigenvalue weighted by Gasteiger charge is 2.46. The van der Waals surface area contributed by atoms with Crippen molar-refractivity contribution in [3.8, 4) is 5.75 Å². The molecule has 0 spiro atoms. The molecule has 1 fully saturated rings. The molecule has 9 nitrogen and oxygen atoms in total. The van der Waals surface area contributed by atoms with Gasteiger partial charge in [-0.3, -0.25) is 4.79 Å². The number of hydrogen-bond acceptors (Lipinski definition) is 9. The van der Waals surface area contributed by atoms with Crippen LogP contribution in [0.4, 0.5) is 0 Å². The first kappa shape index (κ1) is 19.8. The molecule has 2 aromatic rings. The van der Waals surface area contributed by atoms with Crippen LogP contribution in [-0.2, 0) is 9.53 Å². The summed E-state index contributed by atoms with van der Waals surface area (Å²) in [7, 11) is 0. The molecular weight excluding hydrogens is 378 g/mol. The number of amides is 1. The van der Waals surface area contributed by atoms with Crippen LogP contribution >= 0.6 is 11.3 Å². The van der Waals surface area contributed by atoms with Gasteiger partial charge in [-0.1, -0.05) is 11.3 Å². The molecule has 3 rings (SSSR count). The first-order chi connectivity index (χ1) is 12.7. The summed E-state index contributed by atoms with van der Waals surface area (Å²) < 4.78 is 17.2. The summed E-state index contributed by atoms with van der Waals surface area (Å²) in [4.78, 5) is 22.6. The maximum atomic E-state index is 11.5. The second-order valence-corrected chi connectivity index (χ2v) is 7.43. The molecular formula is C17H21NO8S. The van der Waals surface area contributed by atoms with Crippen molar-refractivity contribution >= 4 is 27.5 Å². The maximum Gasteiger partial charge on any atom is 0.396 e. The molecule has 0 saturated carbocycles. The Kier molecular flexibility index (Phi) is 5.54. The molecule has 148 valence electrons. The van der Waals surface area contributed by atoms with E-state index in [1.54, 1.807) is 19.9 Å². The van der Waals surface area contributed by atoms with Crippen LogP contribution in [-0.4, -0.2) is 58.5 Å². The summed E-state index contributed by atoms with van der Waals surface area (Å²) in [6.45, 7) is 4.28. The monoisotopic (exact) mass is 399 g/mol. The topological polar surface area (TPSA) is 138 Å². The third kappa shape index (κ3) is 3.71. The number of carbonyl (C=O) groups excluding carboxylic acids is 1. The van der Waals surface area contributed by atoms with Crippen LogP contribution in [0.1, 0.15) is 18.1 Å². The van der Waals surface area contributed by atoms with Gasteiger partial charge in [0, 0.05) is 13.0 Å². The molecule has 0 aliphatic carbocycles. The van der Waals surface area contributed by atoms with E-state index in [0.29, 0.717) is 27.2 Å². The van der Waals surface area contributed by atoms with E-state index in [2.05, 4.69) is 5.32 Å². The standard InChI is InChI=1S/C17H21NO8S/c1-6-7(2)15-11(27-17(23)26-15)4-9(6)24-16-12(18-8(3)20)14(22)13(21)10(5-19)25-16/h4,10,12-14,16,19,21-22H,5H2,1-3H3,(H,18,20). The average Bonchev–Trinajstić information content (AvgIpc) is 2.99. The summed E-state index contributed by atoms with van der Waals surface area (Å²) in [5, 5.41) is 32.3. The lowest BCUT2D eigenvalue weighted by Gasteiger charge is -2.42. The van der Waals surface area contributed by atoms with E-state index < -0.39 is 48.1 Å². The minimum atomic E-state index is -1.40. The number of rotatable bonds is 4. The number of hydrogen-bond donors (Lipinski definition) is 4. The van der Waals surface area contributed by atoms with Gasteiger partial charge in [0.2, 0.25) is 12.2 Å². The number of aliphatic hydroxyl groups excluding tert-OH is 3. The Labute approximate surface area is 158 Å².